The fourth-order valence-electron chi connectivity index (χ4n) is 5.65. The number of alkyl halides is 1. The Morgan fingerprint density at radius 2 is 1.65 bits per heavy atom. The molecule has 2 heteroatoms. The summed E-state index contributed by atoms with van der Waals surface area (Å²) >= 11 is 13.0. The molecule has 0 heterocycles. The lowest BCUT2D eigenvalue weighted by molar-refractivity contribution is -0.0545. The highest BCUT2D eigenvalue weighted by atomic mass is 35.5. The molecular formula is C18H22Cl2. The molecule has 4 bridgehead atoms. The quantitative estimate of drug-likeness (QED) is 0.628. The second-order valence-corrected chi connectivity index (χ2v) is 8.54. The number of rotatable bonds is 3. The van der Waals surface area contributed by atoms with Gasteiger partial charge in [0.25, 0.3) is 0 Å². The fourth-order valence-corrected chi connectivity index (χ4v) is 6.31. The van der Waals surface area contributed by atoms with E-state index in [0.29, 0.717) is 5.41 Å². The van der Waals surface area contributed by atoms with Gasteiger partial charge in [0.2, 0.25) is 0 Å². The average Bonchev–Trinajstić information content (AvgIpc) is 2.37. The lowest BCUT2D eigenvalue weighted by Crippen LogP contribution is -2.50. The van der Waals surface area contributed by atoms with Gasteiger partial charge in [-0.2, -0.15) is 0 Å². The molecule has 20 heavy (non-hydrogen) atoms. The van der Waals surface area contributed by atoms with E-state index >= 15 is 0 Å². The minimum absolute atomic E-state index is 0.286. The van der Waals surface area contributed by atoms with Crippen LogP contribution in [-0.4, -0.2) is 5.38 Å². The molecule has 1 aromatic carbocycles. The summed E-state index contributed by atoms with van der Waals surface area (Å²) in [6, 6.07) is 8.24. The number of halogens is 2. The zero-order chi connectivity index (χ0) is 13.7. The molecule has 4 aliphatic carbocycles. The Hall–Kier alpha value is -0.200. The molecule has 0 saturated heterocycles. The topological polar surface area (TPSA) is 0 Å². The van der Waals surface area contributed by atoms with Gasteiger partial charge in [0.05, 0.1) is 0 Å². The second-order valence-electron chi connectivity index (χ2n) is 7.58. The zero-order valence-corrected chi connectivity index (χ0v) is 13.3. The smallest absolute Gasteiger partial charge is 0.0432 e. The van der Waals surface area contributed by atoms with Gasteiger partial charge in [-0.15, -0.1) is 11.6 Å². The Labute approximate surface area is 131 Å². The third kappa shape index (κ3) is 2.29. The predicted octanol–water partition coefficient (Wildman–Crippen LogP) is 5.71. The maximum absolute atomic E-state index is 6.95. The van der Waals surface area contributed by atoms with Gasteiger partial charge in [-0.25, -0.2) is 0 Å². The van der Waals surface area contributed by atoms with Crippen LogP contribution in [0.25, 0.3) is 0 Å². The lowest BCUT2D eigenvalue weighted by atomic mass is 9.48. The van der Waals surface area contributed by atoms with Crippen molar-refractivity contribution in [2.24, 2.45) is 23.2 Å². The Balaban J connectivity index is 1.54. The van der Waals surface area contributed by atoms with Crippen LogP contribution in [0.3, 0.4) is 0 Å². The molecule has 4 fully saturated rings. The van der Waals surface area contributed by atoms with Crippen LogP contribution in [0, 0.1) is 23.2 Å². The van der Waals surface area contributed by atoms with Gasteiger partial charge < -0.3 is 0 Å². The van der Waals surface area contributed by atoms with E-state index in [2.05, 4.69) is 12.1 Å². The first-order valence-corrected chi connectivity index (χ1v) is 8.83. The van der Waals surface area contributed by atoms with E-state index in [1.54, 1.807) is 0 Å². The summed E-state index contributed by atoms with van der Waals surface area (Å²) in [7, 11) is 0. The number of hydrogen-bond acceptors (Lipinski definition) is 0. The Morgan fingerprint density at radius 3 is 2.20 bits per heavy atom. The van der Waals surface area contributed by atoms with E-state index in [4.69, 9.17) is 23.2 Å². The third-order valence-corrected chi connectivity index (χ3v) is 6.91. The van der Waals surface area contributed by atoms with Gasteiger partial charge in [0, 0.05) is 10.4 Å². The van der Waals surface area contributed by atoms with E-state index in [1.807, 2.05) is 12.1 Å². The molecular weight excluding hydrogens is 287 g/mol. The Kier molecular flexibility index (Phi) is 3.31. The van der Waals surface area contributed by atoms with Crippen molar-refractivity contribution in [3.63, 3.8) is 0 Å². The molecule has 5 rings (SSSR count). The summed E-state index contributed by atoms with van der Waals surface area (Å²) in [5.74, 6) is 2.92. The van der Waals surface area contributed by atoms with Crippen LogP contribution < -0.4 is 0 Å². The Bertz CT molecular complexity index is 473. The summed E-state index contributed by atoms with van der Waals surface area (Å²) in [6.45, 7) is 0. The van der Waals surface area contributed by atoms with Crippen LogP contribution in [0.4, 0.5) is 0 Å². The Morgan fingerprint density at radius 1 is 1.05 bits per heavy atom. The van der Waals surface area contributed by atoms with Crippen LogP contribution in [-0.2, 0) is 6.42 Å². The highest BCUT2D eigenvalue weighted by Gasteiger charge is 2.53. The molecule has 0 amide bonds. The molecule has 0 nitrogen and oxygen atoms in total. The van der Waals surface area contributed by atoms with Crippen molar-refractivity contribution in [1.82, 2.24) is 0 Å². The summed E-state index contributed by atoms with van der Waals surface area (Å²) in [4.78, 5) is 0. The summed E-state index contributed by atoms with van der Waals surface area (Å²) in [5.41, 5.74) is 1.73. The predicted molar refractivity (Wildman–Crippen MR) is 85.4 cm³/mol. The minimum atomic E-state index is 0.286. The monoisotopic (exact) mass is 308 g/mol. The van der Waals surface area contributed by atoms with Gasteiger partial charge in [0.15, 0.2) is 0 Å². The van der Waals surface area contributed by atoms with Crippen molar-refractivity contribution in [2.75, 3.05) is 0 Å². The van der Waals surface area contributed by atoms with Crippen LogP contribution in [0.2, 0.25) is 5.02 Å². The van der Waals surface area contributed by atoms with Crippen molar-refractivity contribution in [2.45, 2.75) is 50.3 Å². The van der Waals surface area contributed by atoms with Crippen LogP contribution in [0.15, 0.2) is 24.3 Å². The van der Waals surface area contributed by atoms with E-state index < -0.39 is 0 Å². The fraction of sp³-hybridized carbons (Fsp3) is 0.667. The molecule has 0 radical (unpaired) electrons. The molecule has 1 aromatic rings. The van der Waals surface area contributed by atoms with Gasteiger partial charge in [-0.05, 0) is 85.8 Å². The maximum atomic E-state index is 6.95. The SMILES string of the molecule is Clc1cccc(CC(Cl)C23CC4CC(CC(C4)C2)C3)c1. The first-order valence-electron chi connectivity index (χ1n) is 8.01. The van der Waals surface area contributed by atoms with Crippen LogP contribution >= 0.6 is 23.2 Å². The first kappa shape index (κ1) is 13.5. The minimum Gasteiger partial charge on any atom is -0.122 e. The van der Waals surface area contributed by atoms with Crippen molar-refractivity contribution >= 4 is 23.2 Å². The summed E-state index contributed by atoms with van der Waals surface area (Å²) < 4.78 is 0. The average molecular weight is 309 g/mol. The normalized spacial score (nSPS) is 40.0. The van der Waals surface area contributed by atoms with E-state index in [9.17, 15) is 0 Å². The van der Waals surface area contributed by atoms with E-state index in [0.717, 1.165) is 29.2 Å². The second kappa shape index (κ2) is 4.92. The van der Waals surface area contributed by atoms with Crippen molar-refractivity contribution in [1.29, 1.82) is 0 Å². The van der Waals surface area contributed by atoms with Crippen molar-refractivity contribution < 1.29 is 0 Å². The van der Waals surface area contributed by atoms with Gasteiger partial charge in [0.1, 0.15) is 0 Å². The molecule has 0 aromatic heterocycles. The molecule has 108 valence electrons. The summed E-state index contributed by atoms with van der Waals surface area (Å²) in [5, 5.41) is 1.12. The van der Waals surface area contributed by atoms with Gasteiger partial charge in [-0.3, -0.25) is 0 Å². The molecule has 0 N–H and O–H groups in total. The van der Waals surface area contributed by atoms with Crippen LogP contribution in [0.5, 0.6) is 0 Å². The highest BCUT2D eigenvalue weighted by Crippen LogP contribution is 2.62. The van der Waals surface area contributed by atoms with E-state index in [1.165, 1.54) is 44.1 Å². The summed E-state index contributed by atoms with van der Waals surface area (Å²) in [6.07, 6.45) is 9.59. The maximum Gasteiger partial charge on any atom is 0.0432 e. The zero-order valence-electron chi connectivity index (χ0n) is 11.8. The van der Waals surface area contributed by atoms with Gasteiger partial charge >= 0.3 is 0 Å². The molecule has 0 aliphatic heterocycles. The molecule has 1 atom stereocenters. The van der Waals surface area contributed by atoms with E-state index in [-0.39, 0.29) is 5.38 Å². The largest absolute Gasteiger partial charge is 0.122 e. The molecule has 4 aliphatic rings. The van der Waals surface area contributed by atoms with Crippen molar-refractivity contribution in [3.8, 4) is 0 Å². The number of benzene rings is 1. The van der Waals surface area contributed by atoms with Gasteiger partial charge in [-0.1, -0.05) is 23.7 Å². The molecule has 1 unspecified atom stereocenters. The standard InChI is InChI=1S/C18H22Cl2/c19-16-3-1-2-12(7-16)8-17(20)18-9-13-4-14(10-18)6-15(5-13)11-18/h1-3,7,13-15,17H,4-6,8-11H2. The van der Waals surface area contributed by atoms with Crippen LogP contribution in [0.1, 0.15) is 44.1 Å². The highest BCUT2D eigenvalue weighted by molar-refractivity contribution is 6.30. The first-order chi connectivity index (χ1) is 9.63. The third-order valence-electron chi connectivity index (χ3n) is 6.05. The van der Waals surface area contributed by atoms with Crippen molar-refractivity contribution in [3.05, 3.63) is 34.9 Å². The molecule has 0 spiro atoms. The molecule has 4 saturated carbocycles. The lowest BCUT2D eigenvalue weighted by Gasteiger charge is -2.58. The number of hydrogen-bond donors (Lipinski definition) is 0.